The topological polar surface area (TPSA) is 122 Å². The lowest BCUT2D eigenvalue weighted by Gasteiger charge is -2.22. The number of ether oxygens (including phenoxy) is 1. The molecule has 1 saturated heterocycles. The lowest BCUT2D eigenvalue weighted by Crippen LogP contribution is -2.42. The number of hydrogen-bond acceptors (Lipinski definition) is 7. The summed E-state index contributed by atoms with van der Waals surface area (Å²) in [4.78, 5) is 63.6. The molecule has 0 unspecified atom stereocenters. The van der Waals surface area contributed by atoms with Gasteiger partial charge in [0.05, 0.1) is 17.0 Å². The van der Waals surface area contributed by atoms with E-state index in [1.54, 1.807) is 51.1 Å². The summed E-state index contributed by atoms with van der Waals surface area (Å²) in [5.74, 6) is -2.18. The van der Waals surface area contributed by atoms with Gasteiger partial charge in [0.2, 0.25) is 5.91 Å². The number of rotatable bonds is 7. The normalized spacial score (nSPS) is 17.8. The number of ketones is 1. The highest BCUT2D eigenvalue weighted by atomic mass is 32.1. The van der Waals surface area contributed by atoms with Crippen LogP contribution in [0.3, 0.4) is 0 Å². The number of nitrogens with one attached hydrogen (secondary N) is 2. The fourth-order valence-electron chi connectivity index (χ4n) is 3.50. The van der Waals surface area contributed by atoms with Gasteiger partial charge in [-0.25, -0.2) is 9.59 Å². The van der Waals surface area contributed by atoms with Crippen molar-refractivity contribution in [3.05, 3.63) is 51.9 Å². The SMILES string of the molecule is CCOC(=O)c1c(NC(=O)CN2C(=O)N[C@@](C)(c3ccccc3)C2=O)sc(C(C)=O)c1C. The van der Waals surface area contributed by atoms with E-state index in [2.05, 4.69) is 10.6 Å². The van der Waals surface area contributed by atoms with Crippen molar-refractivity contribution in [2.24, 2.45) is 0 Å². The van der Waals surface area contributed by atoms with Gasteiger partial charge in [-0.3, -0.25) is 19.3 Å². The van der Waals surface area contributed by atoms with Gasteiger partial charge in [-0.15, -0.1) is 11.3 Å². The molecule has 4 amide bonds. The molecule has 1 aromatic carbocycles. The summed E-state index contributed by atoms with van der Waals surface area (Å²) in [6, 6.07) is 8.01. The molecule has 32 heavy (non-hydrogen) atoms. The lowest BCUT2D eigenvalue weighted by molar-refractivity contribution is -0.133. The zero-order valence-corrected chi connectivity index (χ0v) is 18.9. The van der Waals surface area contributed by atoms with Crippen molar-refractivity contribution in [1.82, 2.24) is 10.2 Å². The molecule has 10 heteroatoms. The predicted octanol–water partition coefficient (Wildman–Crippen LogP) is 2.84. The van der Waals surface area contributed by atoms with Gasteiger partial charge < -0.3 is 15.4 Å². The van der Waals surface area contributed by atoms with Crippen LogP contribution in [-0.4, -0.2) is 47.6 Å². The molecule has 0 bridgehead atoms. The Labute approximate surface area is 188 Å². The van der Waals surface area contributed by atoms with E-state index in [1.165, 1.54) is 6.92 Å². The smallest absolute Gasteiger partial charge is 0.341 e. The molecule has 1 fully saturated rings. The minimum Gasteiger partial charge on any atom is -0.462 e. The van der Waals surface area contributed by atoms with E-state index in [-0.39, 0.29) is 23.0 Å². The number of nitrogens with zero attached hydrogens (tertiary/aromatic N) is 1. The molecule has 3 rings (SSSR count). The molecule has 0 spiro atoms. The number of esters is 1. The molecule has 2 aromatic rings. The van der Waals surface area contributed by atoms with Gasteiger partial charge in [-0.2, -0.15) is 0 Å². The third kappa shape index (κ3) is 4.13. The zero-order chi connectivity index (χ0) is 23.6. The fraction of sp³-hybridized carbons (Fsp3) is 0.318. The van der Waals surface area contributed by atoms with Crippen LogP contribution in [0, 0.1) is 6.92 Å². The third-order valence-electron chi connectivity index (χ3n) is 5.13. The Kier molecular flexibility index (Phi) is 6.45. The van der Waals surface area contributed by atoms with E-state index in [0.717, 1.165) is 16.2 Å². The van der Waals surface area contributed by atoms with Crippen LogP contribution in [0.25, 0.3) is 0 Å². The lowest BCUT2D eigenvalue weighted by atomic mass is 9.92. The first-order chi connectivity index (χ1) is 15.1. The van der Waals surface area contributed by atoms with Crippen LogP contribution >= 0.6 is 11.3 Å². The second-order valence-electron chi connectivity index (χ2n) is 7.40. The third-order valence-corrected chi connectivity index (χ3v) is 6.43. The van der Waals surface area contributed by atoms with Crippen molar-refractivity contribution in [3.8, 4) is 0 Å². The predicted molar refractivity (Wildman–Crippen MR) is 118 cm³/mol. The number of amides is 4. The Hall–Kier alpha value is -3.53. The molecule has 1 atom stereocenters. The summed E-state index contributed by atoms with van der Waals surface area (Å²) in [5.41, 5.74) is -0.216. The minimum absolute atomic E-state index is 0.0849. The molecule has 0 radical (unpaired) electrons. The first kappa shape index (κ1) is 23.1. The van der Waals surface area contributed by atoms with Gasteiger partial charge in [-0.1, -0.05) is 30.3 Å². The van der Waals surface area contributed by atoms with Crippen molar-refractivity contribution in [1.29, 1.82) is 0 Å². The van der Waals surface area contributed by atoms with E-state index >= 15 is 0 Å². The standard InChI is InChI=1S/C22H23N3O6S/c1-5-31-19(28)16-12(2)17(13(3)26)32-18(16)23-15(27)11-25-20(29)22(4,24-21(25)30)14-9-7-6-8-10-14/h6-10H,5,11H2,1-4H3,(H,23,27)(H,24,30)/t22-/m0/s1. The van der Waals surface area contributed by atoms with Crippen LogP contribution in [0.4, 0.5) is 9.80 Å². The Balaban J connectivity index is 1.82. The van der Waals surface area contributed by atoms with Gasteiger partial charge in [-0.05, 0) is 38.8 Å². The summed E-state index contributed by atoms with van der Waals surface area (Å²) in [6.07, 6.45) is 0. The number of carbonyl (C=O) groups is 5. The molecule has 2 heterocycles. The Morgan fingerprint density at radius 1 is 1.19 bits per heavy atom. The Bertz CT molecular complexity index is 1110. The van der Waals surface area contributed by atoms with Crippen LogP contribution in [0.5, 0.6) is 0 Å². The Morgan fingerprint density at radius 3 is 2.44 bits per heavy atom. The average molecular weight is 458 g/mol. The first-order valence-corrected chi connectivity index (χ1v) is 10.7. The van der Waals surface area contributed by atoms with E-state index < -0.39 is 35.9 Å². The minimum atomic E-state index is -1.30. The highest BCUT2D eigenvalue weighted by Gasteiger charge is 2.49. The van der Waals surface area contributed by atoms with Crippen molar-refractivity contribution < 1.29 is 28.7 Å². The van der Waals surface area contributed by atoms with Crippen LogP contribution in [0.1, 0.15) is 51.9 Å². The van der Waals surface area contributed by atoms with Gasteiger partial charge in [0.1, 0.15) is 17.1 Å². The average Bonchev–Trinajstić information content (AvgIpc) is 3.18. The maximum Gasteiger partial charge on any atom is 0.341 e. The van der Waals surface area contributed by atoms with E-state index in [9.17, 15) is 24.0 Å². The van der Waals surface area contributed by atoms with Crippen molar-refractivity contribution >= 4 is 45.9 Å². The maximum atomic E-state index is 13.0. The molecule has 9 nitrogen and oxygen atoms in total. The molecular formula is C22H23N3O6S. The van der Waals surface area contributed by atoms with Crippen LogP contribution in [0.15, 0.2) is 30.3 Å². The summed E-state index contributed by atoms with van der Waals surface area (Å²) in [5, 5.41) is 5.32. The van der Waals surface area contributed by atoms with E-state index in [1.807, 2.05) is 0 Å². The molecule has 2 N–H and O–H groups in total. The molecular weight excluding hydrogens is 434 g/mol. The number of hydrogen-bond donors (Lipinski definition) is 2. The molecule has 0 aliphatic carbocycles. The number of benzene rings is 1. The maximum absolute atomic E-state index is 13.0. The molecule has 1 aliphatic heterocycles. The largest absolute Gasteiger partial charge is 0.462 e. The van der Waals surface area contributed by atoms with Gasteiger partial charge >= 0.3 is 12.0 Å². The highest BCUT2D eigenvalue weighted by Crippen LogP contribution is 2.34. The van der Waals surface area contributed by atoms with Crippen LogP contribution in [-0.2, 0) is 19.9 Å². The zero-order valence-electron chi connectivity index (χ0n) is 18.1. The van der Waals surface area contributed by atoms with Crippen LogP contribution in [0.2, 0.25) is 0 Å². The van der Waals surface area contributed by atoms with E-state index in [0.29, 0.717) is 16.0 Å². The van der Waals surface area contributed by atoms with Crippen molar-refractivity contribution in [2.75, 3.05) is 18.5 Å². The molecule has 168 valence electrons. The first-order valence-electron chi connectivity index (χ1n) is 9.91. The second kappa shape index (κ2) is 8.91. The number of carbonyl (C=O) groups excluding carboxylic acids is 5. The monoisotopic (exact) mass is 457 g/mol. The van der Waals surface area contributed by atoms with Gasteiger partial charge in [0.15, 0.2) is 5.78 Å². The van der Waals surface area contributed by atoms with Crippen LogP contribution < -0.4 is 10.6 Å². The number of Topliss-reactive ketones (excluding diaryl/α,β-unsaturated/α-hetero) is 1. The Morgan fingerprint density at radius 2 is 1.84 bits per heavy atom. The number of anilines is 1. The second-order valence-corrected chi connectivity index (χ2v) is 8.42. The number of urea groups is 1. The van der Waals surface area contributed by atoms with Crippen molar-refractivity contribution in [2.45, 2.75) is 33.2 Å². The molecule has 1 aliphatic rings. The fourth-order valence-corrected chi connectivity index (χ4v) is 4.61. The highest BCUT2D eigenvalue weighted by molar-refractivity contribution is 7.18. The number of thiophene rings is 1. The molecule has 0 saturated carbocycles. The quantitative estimate of drug-likeness (QED) is 0.375. The molecule has 1 aromatic heterocycles. The van der Waals surface area contributed by atoms with E-state index in [4.69, 9.17) is 4.74 Å². The summed E-state index contributed by atoms with van der Waals surface area (Å²) in [6.45, 7) is 5.74. The summed E-state index contributed by atoms with van der Waals surface area (Å²) < 4.78 is 5.04. The van der Waals surface area contributed by atoms with Gasteiger partial charge in [0.25, 0.3) is 5.91 Å². The number of imide groups is 1. The summed E-state index contributed by atoms with van der Waals surface area (Å²) >= 11 is 0.947. The van der Waals surface area contributed by atoms with Crippen molar-refractivity contribution in [3.63, 3.8) is 0 Å². The van der Waals surface area contributed by atoms with Gasteiger partial charge in [0, 0.05) is 0 Å². The summed E-state index contributed by atoms with van der Waals surface area (Å²) in [7, 11) is 0.